The van der Waals surface area contributed by atoms with Crippen LogP contribution in [0.1, 0.15) is 12.8 Å². The molecule has 5 aromatic rings. The number of pyridine rings is 1. The number of benzene rings is 2. The molecule has 0 aliphatic carbocycles. The van der Waals surface area contributed by atoms with Crippen LogP contribution in [0.25, 0.3) is 33.4 Å². The highest BCUT2D eigenvalue weighted by molar-refractivity contribution is 5.83. The number of amides is 1. The van der Waals surface area contributed by atoms with E-state index in [9.17, 15) is 22.8 Å². The minimum Gasteiger partial charge on any atom is -0.329 e. The first kappa shape index (κ1) is 23.1. The first-order chi connectivity index (χ1) is 17.8. The van der Waals surface area contributed by atoms with Crippen LogP contribution in [0.15, 0.2) is 83.9 Å². The Balaban J connectivity index is 1.37. The van der Waals surface area contributed by atoms with Gasteiger partial charge >= 0.3 is 11.9 Å². The summed E-state index contributed by atoms with van der Waals surface area (Å²) in [4.78, 5) is 27.3. The summed E-state index contributed by atoms with van der Waals surface area (Å²) < 4.78 is 44.8. The Morgan fingerprint density at radius 2 is 1.65 bits per heavy atom. The molecule has 0 bridgehead atoms. The van der Waals surface area contributed by atoms with Gasteiger partial charge in [-0.1, -0.05) is 30.3 Å². The number of fused-ring (bicyclic) bond motifs is 2. The molecule has 188 valence electrons. The van der Waals surface area contributed by atoms with E-state index in [2.05, 4.69) is 5.10 Å². The van der Waals surface area contributed by atoms with Crippen LogP contribution >= 0.6 is 0 Å². The molecule has 4 heterocycles. The lowest BCUT2D eigenvalue weighted by Crippen LogP contribution is -2.46. The van der Waals surface area contributed by atoms with Gasteiger partial charge in [-0.3, -0.25) is 13.9 Å². The van der Waals surface area contributed by atoms with Gasteiger partial charge in [0.25, 0.3) is 0 Å². The van der Waals surface area contributed by atoms with Crippen molar-refractivity contribution in [1.82, 2.24) is 23.6 Å². The van der Waals surface area contributed by atoms with E-state index >= 15 is 0 Å². The topological polar surface area (TPSA) is 64.5 Å². The molecular weight excluding hydrogens is 483 g/mol. The van der Waals surface area contributed by atoms with Crippen LogP contribution in [0.2, 0.25) is 0 Å². The Morgan fingerprint density at radius 3 is 2.41 bits per heavy atom. The number of nitrogens with zero attached hydrogens (tertiary/aromatic N) is 5. The quantitative estimate of drug-likeness (QED) is 0.357. The van der Waals surface area contributed by atoms with Crippen molar-refractivity contribution >= 4 is 22.5 Å². The van der Waals surface area contributed by atoms with E-state index in [-0.39, 0.29) is 19.4 Å². The van der Waals surface area contributed by atoms with Gasteiger partial charge in [0, 0.05) is 18.3 Å². The number of alkyl halides is 3. The smallest absolute Gasteiger partial charge is 0.329 e. The molecule has 2 aromatic carbocycles. The van der Waals surface area contributed by atoms with E-state index in [4.69, 9.17) is 0 Å². The number of aromatic nitrogens is 4. The number of hydrogen-bond donors (Lipinski definition) is 0. The van der Waals surface area contributed by atoms with Gasteiger partial charge < -0.3 is 4.90 Å². The van der Waals surface area contributed by atoms with Crippen molar-refractivity contribution in [3.63, 3.8) is 0 Å². The van der Waals surface area contributed by atoms with Gasteiger partial charge in [0.05, 0.1) is 28.4 Å². The second-order valence-electron chi connectivity index (χ2n) is 9.12. The summed E-state index contributed by atoms with van der Waals surface area (Å²) in [6.07, 6.45) is -0.687. The standard InChI is InChI=1S/C27H22F3N5O2/c28-27(29,30)24-9-5-14-32(24)25(36)17-33-22-7-1-2-8-23(22)35(26(33)37)19-12-10-18(11-13-19)20-16-31-34-15-4-3-6-21(20)34/h1-4,6-8,10-13,15-16,24H,5,9,14,17H2. The number of halogens is 3. The zero-order valence-corrected chi connectivity index (χ0v) is 19.6. The first-order valence-electron chi connectivity index (χ1n) is 11.9. The average molecular weight is 506 g/mol. The van der Waals surface area contributed by atoms with Crippen molar-refractivity contribution < 1.29 is 18.0 Å². The average Bonchev–Trinajstić information content (AvgIpc) is 3.61. The van der Waals surface area contributed by atoms with Crippen molar-refractivity contribution in [2.45, 2.75) is 31.6 Å². The van der Waals surface area contributed by atoms with E-state index in [1.165, 1.54) is 9.13 Å². The fourth-order valence-corrected chi connectivity index (χ4v) is 5.19. The fraction of sp³-hybridized carbons (Fsp3) is 0.222. The molecule has 3 aromatic heterocycles. The van der Waals surface area contributed by atoms with Gasteiger partial charge in [-0.25, -0.2) is 9.31 Å². The molecular formula is C27H22F3N5O2. The summed E-state index contributed by atoms with van der Waals surface area (Å²) in [5.74, 6) is -0.715. The van der Waals surface area contributed by atoms with Gasteiger partial charge in [-0.15, -0.1) is 0 Å². The predicted molar refractivity (Wildman–Crippen MR) is 133 cm³/mol. The molecule has 1 saturated heterocycles. The number of rotatable bonds is 4. The molecule has 1 amide bonds. The first-order valence-corrected chi connectivity index (χ1v) is 11.9. The number of imidazole rings is 1. The second-order valence-corrected chi connectivity index (χ2v) is 9.12. The van der Waals surface area contributed by atoms with Crippen LogP contribution in [-0.4, -0.2) is 48.3 Å². The van der Waals surface area contributed by atoms with Gasteiger partial charge in [0.2, 0.25) is 5.91 Å². The third kappa shape index (κ3) is 3.89. The number of hydrogen-bond acceptors (Lipinski definition) is 3. The molecule has 0 spiro atoms. The largest absolute Gasteiger partial charge is 0.408 e. The fourth-order valence-electron chi connectivity index (χ4n) is 5.19. The van der Waals surface area contributed by atoms with Crippen LogP contribution in [-0.2, 0) is 11.3 Å². The highest BCUT2D eigenvalue weighted by Gasteiger charge is 2.47. The summed E-state index contributed by atoms with van der Waals surface area (Å²) in [6, 6.07) is 18.3. The summed E-state index contributed by atoms with van der Waals surface area (Å²) in [5, 5.41) is 4.37. The number of likely N-dealkylation sites (tertiary alicyclic amines) is 1. The predicted octanol–water partition coefficient (Wildman–Crippen LogP) is 4.66. The lowest BCUT2D eigenvalue weighted by atomic mass is 10.1. The maximum atomic E-state index is 13.5. The van der Waals surface area contributed by atoms with Gasteiger partial charge in [0.15, 0.2) is 0 Å². The van der Waals surface area contributed by atoms with Crippen LogP contribution in [0, 0.1) is 0 Å². The van der Waals surface area contributed by atoms with Crippen molar-refractivity contribution in [3.05, 3.63) is 89.6 Å². The van der Waals surface area contributed by atoms with Crippen LogP contribution < -0.4 is 5.69 Å². The molecule has 1 fully saturated rings. The maximum absolute atomic E-state index is 13.5. The van der Waals surface area contributed by atoms with Gasteiger partial charge in [-0.05, 0) is 54.8 Å². The minimum absolute atomic E-state index is 0.0292. The number of carbonyl (C=O) groups is 1. The number of para-hydroxylation sites is 2. The molecule has 6 rings (SSSR count). The van der Waals surface area contributed by atoms with Crippen molar-refractivity contribution in [3.8, 4) is 16.8 Å². The lowest BCUT2D eigenvalue weighted by molar-refractivity contribution is -0.182. The Morgan fingerprint density at radius 1 is 0.946 bits per heavy atom. The molecule has 10 heteroatoms. The Hall–Kier alpha value is -4.34. The zero-order valence-electron chi connectivity index (χ0n) is 19.6. The lowest BCUT2D eigenvalue weighted by Gasteiger charge is -2.26. The molecule has 37 heavy (non-hydrogen) atoms. The Bertz CT molecular complexity index is 1680. The monoisotopic (exact) mass is 505 g/mol. The summed E-state index contributed by atoms with van der Waals surface area (Å²) in [7, 11) is 0. The molecule has 1 unspecified atom stereocenters. The van der Waals surface area contributed by atoms with Gasteiger partial charge in [-0.2, -0.15) is 18.3 Å². The minimum atomic E-state index is -4.49. The van der Waals surface area contributed by atoms with Crippen molar-refractivity contribution in [2.75, 3.05) is 6.54 Å². The van der Waals surface area contributed by atoms with Crippen LogP contribution in [0.5, 0.6) is 0 Å². The van der Waals surface area contributed by atoms with E-state index in [1.54, 1.807) is 35.0 Å². The SMILES string of the molecule is O=C(Cn1c(=O)n(-c2ccc(-c3cnn4ccccc34)cc2)c2ccccc21)N1CCCC1C(F)(F)F. The van der Waals surface area contributed by atoms with Gasteiger partial charge in [0.1, 0.15) is 12.6 Å². The van der Waals surface area contributed by atoms with E-state index in [0.717, 1.165) is 21.5 Å². The molecule has 0 saturated carbocycles. The maximum Gasteiger partial charge on any atom is 0.408 e. The number of carbonyl (C=O) groups excluding carboxylic acids is 1. The molecule has 1 aliphatic heterocycles. The van der Waals surface area contributed by atoms with E-state index in [1.807, 2.05) is 48.7 Å². The third-order valence-electron chi connectivity index (χ3n) is 6.94. The summed E-state index contributed by atoms with van der Waals surface area (Å²) in [5.41, 5.74) is 3.96. The molecule has 0 radical (unpaired) electrons. The molecule has 7 nitrogen and oxygen atoms in total. The van der Waals surface area contributed by atoms with Crippen LogP contribution in [0.3, 0.4) is 0 Å². The summed E-state index contributed by atoms with van der Waals surface area (Å²) >= 11 is 0. The van der Waals surface area contributed by atoms with E-state index < -0.39 is 30.4 Å². The summed E-state index contributed by atoms with van der Waals surface area (Å²) in [6.45, 7) is -0.430. The van der Waals surface area contributed by atoms with Crippen molar-refractivity contribution in [2.24, 2.45) is 0 Å². The van der Waals surface area contributed by atoms with Crippen molar-refractivity contribution in [1.29, 1.82) is 0 Å². The highest BCUT2D eigenvalue weighted by Crippen LogP contribution is 2.33. The third-order valence-corrected chi connectivity index (χ3v) is 6.94. The Labute approximate surface area is 209 Å². The highest BCUT2D eigenvalue weighted by atomic mass is 19.4. The molecule has 1 atom stereocenters. The second kappa shape index (κ2) is 8.65. The van der Waals surface area contributed by atoms with E-state index in [0.29, 0.717) is 16.7 Å². The van der Waals surface area contributed by atoms with Crippen LogP contribution in [0.4, 0.5) is 13.2 Å². The Kier molecular flexibility index (Phi) is 5.40. The zero-order chi connectivity index (χ0) is 25.7. The molecule has 1 aliphatic rings. The normalized spacial score (nSPS) is 16.2. The molecule has 0 N–H and O–H groups in total.